The maximum Gasteiger partial charge on any atom is 0.193 e. The molecular formula is C17H28ClIN4. The van der Waals surface area contributed by atoms with Crippen LogP contribution in [0.4, 0.5) is 0 Å². The SMILES string of the molecule is CN=C(NCC(C)N(C)C1CC1)N(C)Cc1cccc(Cl)c1.I. The molecule has 0 amide bonds. The van der Waals surface area contributed by atoms with E-state index in [2.05, 4.69) is 40.1 Å². The fraction of sp³-hybridized carbons (Fsp3) is 0.588. The summed E-state index contributed by atoms with van der Waals surface area (Å²) in [5.74, 6) is 0.913. The van der Waals surface area contributed by atoms with Gasteiger partial charge in [-0.2, -0.15) is 0 Å². The summed E-state index contributed by atoms with van der Waals surface area (Å²) in [7, 11) is 6.08. The highest BCUT2D eigenvalue weighted by atomic mass is 127. The van der Waals surface area contributed by atoms with E-state index in [1.807, 2.05) is 32.3 Å². The first kappa shape index (κ1) is 20.5. The molecule has 0 saturated heterocycles. The van der Waals surface area contributed by atoms with Gasteiger partial charge in [0.05, 0.1) is 0 Å². The van der Waals surface area contributed by atoms with E-state index in [1.54, 1.807) is 0 Å². The number of nitrogens with zero attached hydrogens (tertiary/aromatic N) is 3. The van der Waals surface area contributed by atoms with Crippen molar-refractivity contribution < 1.29 is 0 Å². The van der Waals surface area contributed by atoms with Crippen molar-refractivity contribution >= 4 is 41.5 Å². The van der Waals surface area contributed by atoms with Crippen molar-refractivity contribution in [1.29, 1.82) is 0 Å². The molecule has 1 aliphatic rings. The summed E-state index contributed by atoms with van der Waals surface area (Å²) >= 11 is 6.04. The molecule has 23 heavy (non-hydrogen) atoms. The van der Waals surface area contributed by atoms with Crippen LogP contribution in [0.15, 0.2) is 29.3 Å². The van der Waals surface area contributed by atoms with Crippen molar-refractivity contribution in [3.8, 4) is 0 Å². The Labute approximate surface area is 162 Å². The zero-order valence-electron chi connectivity index (χ0n) is 14.4. The largest absolute Gasteiger partial charge is 0.355 e. The predicted octanol–water partition coefficient (Wildman–Crippen LogP) is 3.45. The third kappa shape index (κ3) is 6.47. The Balaban J connectivity index is 0.00000264. The zero-order chi connectivity index (χ0) is 16.1. The molecule has 1 N–H and O–H groups in total. The molecule has 1 saturated carbocycles. The molecule has 1 aliphatic carbocycles. The van der Waals surface area contributed by atoms with Gasteiger partial charge in [0.2, 0.25) is 0 Å². The molecule has 0 aromatic heterocycles. The second-order valence-corrected chi connectivity index (χ2v) is 6.60. The molecule has 0 radical (unpaired) electrons. The summed E-state index contributed by atoms with van der Waals surface area (Å²) < 4.78 is 0. The van der Waals surface area contributed by atoms with E-state index in [0.29, 0.717) is 6.04 Å². The summed E-state index contributed by atoms with van der Waals surface area (Å²) in [6.07, 6.45) is 2.68. The lowest BCUT2D eigenvalue weighted by Crippen LogP contribution is -2.45. The van der Waals surface area contributed by atoms with Crippen LogP contribution in [0.25, 0.3) is 0 Å². The standard InChI is InChI=1S/C17H27ClN4.HI/c1-13(22(4)16-8-9-16)11-20-17(19-2)21(3)12-14-6-5-7-15(18)10-14;/h5-7,10,13,16H,8-9,11-12H2,1-4H3,(H,19,20);1H. The van der Waals surface area contributed by atoms with E-state index in [4.69, 9.17) is 11.6 Å². The van der Waals surface area contributed by atoms with Gasteiger partial charge < -0.3 is 10.2 Å². The van der Waals surface area contributed by atoms with Crippen molar-refractivity contribution in [2.24, 2.45) is 4.99 Å². The molecule has 2 rings (SSSR count). The Morgan fingerprint density at radius 3 is 2.65 bits per heavy atom. The third-order valence-corrected chi connectivity index (χ3v) is 4.49. The molecule has 1 unspecified atom stereocenters. The van der Waals surface area contributed by atoms with Crippen LogP contribution < -0.4 is 5.32 Å². The summed E-state index contributed by atoms with van der Waals surface area (Å²) in [4.78, 5) is 8.95. The van der Waals surface area contributed by atoms with Gasteiger partial charge in [0, 0.05) is 44.3 Å². The van der Waals surface area contributed by atoms with Crippen molar-refractivity contribution in [2.75, 3.05) is 27.7 Å². The lowest BCUT2D eigenvalue weighted by Gasteiger charge is -2.28. The van der Waals surface area contributed by atoms with Crippen molar-refractivity contribution in [1.82, 2.24) is 15.1 Å². The Kier molecular flexibility index (Phi) is 8.64. The van der Waals surface area contributed by atoms with E-state index in [0.717, 1.165) is 30.1 Å². The number of benzene rings is 1. The monoisotopic (exact) mass is 450 g/mol. The van der Waals surface area contributed by atoms with Gasteiger partial charge in [-0.05, 0) is 44.5 Å². The van der Waals surface area contributed by atoms with Crippen LogP contribution in [0.3, 0.4) is 0 Å². The number of guanidine groups is 1. The van der Waals surface area contributed by atoms with E-state index < -0.39 is 0 Å². The third-order valence-electron chi connectivity index (χ3n) is 4.26. The van der Waals surface area contributed by atoms with Gasteiger partial charge >= 0.3 is 0 Å². The van der Waals surface area contributed by atoms with E-state index in [-0.39, 0.29) is 24.0 Å². The minimum atomic E-state index is 0. The number of hydrogen-bond acceptors (Lipinski definition) is 2. The second-order valence-electron chi connectivity index (χ2n) is 6.16. The summed E-state index contributed by atoms with van der Waals surface area (Å²) in [6.45, 7) is 3.95. The first-order valence-electron chi connectivity index (χ1n) is 7.89. The molecule has 1 aromatic carbocycles. The number of nitrogens with one attached hydrogen (secondary N) is 1. The predicted molar refractivity (Wildman–Crippen MR) is 110 cm³/mol. The number of rotatable bonds is 6. The first-order valence-corrected chi connectivity index (χ1v) is 8.27. The van der Waals surface area contributed by atoms with Crippen LogP contribution >= 0.6 is 35.6 Å². The Morgan fingerprint density at radius 2 is 2.09 bits per heavy atom. The number of halogens is 2. The molecule has 0 aliphatic heterocycles. The smallest absolute Gasteiger partial charge is 0.193 e. The van der Waals surface area contributed by atoms with E-state index >= 15 is 0 Å². The van der Waals surface area contributed by atoms with Crippen LogP contribution in [0.5, 0.6) is 0 Å². The molecule has 0 spiro atoms. The summed E-state index contributed by atoms with van der Waals surface area (Å²) in [5, 5.41) is 4.24. The van der Waals surface area contributed by atoms with Crippen LogP contribution in [-0.4, -0.2) is 55.5 Å². The Morgan fingerprint density at radius 1 is 1.39 bits per heavy atom. The van der Waals surface area contributed by atoms with Crippen molar-refractivity contribution in [2.45, 2.75) is 38.4 Å². The number of likely N-dealkylation sites (N-methyl/N-ethyl adjacent to an activating group) is 1. The summed E-state index contributed by atoms with van der Waals surface area (Å²) in [6, 6.07) is 9.24. The van der Waals surface area contributed by atoms with Gasteiger partial charge in [0.15, 0.2) is 5.96 Å². The average Bonchev–Trinajstić information content (AvgIpc) is 3.31. The first-order chi connectivity index (χ1) is 10.5. The zero-order valence-corrected chi connectivity index (χ0v) is 17.5. The van der Waals surface area contributed by atoms with Crippen LogP contribution in [0.2, 0.25) is 5.02 Å². The minimum absolute atomic E-state index is 0. The highest BCUT2D eigenvalue weighted by molar-refractivity contribution is 14.0. The molecule has 1 atom stereocenters. The normalized spacial score (nSPS) is 16.0. The minimum Gasteiger partial charge on any atom is -0.355 e. The second kappa shape index (κ2) is 9.69. The Hall–Kier alpha value is -0.530. The fourth-order valence-electron chi connectivity index (χ4n) is 2.59. The van der Waals surface area contributed by atoms with Gasteiger partial charge in [0.1, 0.15) is 0 Å². The van der Waals surface area contributed by atoms with Gasteiger partial charge in [0.25, 0.3) is 0 Å². The van der Waals surface area contributed by atoms with E-state index in [1.165, 1.54) is 18.4 Å². The quantitative estimate of drug-likeness (QED) is 0.409. The lowest BCUT2D eigenvalue weighted by molar-refractivity contribution is 0.246. The van der Waals surface area contributed by atoms with Crippen LogP contribution in [-0.2, 0) is 6.54 Å². The molecule has 1 fully saturated rings. The average molecular weight is 451 g/mol. The maximum absolute atomic E-state index is 6.04. The highest BCUT2D eigenvalue weighted by Crippen LogP contribution is 2.26. The molecule has 6 heteroatoms. The highest BCUT2D eigenvalue weighted by Gasteiger charge is 2.29. The van der Waals surface area contributed by atoms with Crippen molar-refractivity contribution in [3.05, 3.63) is 34.9 Å². The van der Waals surface area contributed by atoms with Gasteiger partial charge in [-0.25, -0.2) is 0 Å². The molecule has 130 valence electrons. The van der Waals surface area contributed by atoms with Crippen LogP contribution in [0.1, 0.15) is 25.3 Å². The molecule has 0 bridgehead atoms. The van der Waals surface area contributed by atoms with Crippen molar-refractivity contribution in [3.63, 3.8) is 0 Å². The molecule has 4 nitrogen and oxygen atoms in total. The summed E-state index contributed by atoms with van der Waals surface area (Å²) in [5.41, 5.74) is 1.18. The van der Waals surface area contributed by atoms with Gasteiger partial charge in [-0.1, -0.05) is 23.7 Å². The van der Waals surface area contributed by atoms with Gasteiger partial charge in [-0.15, -0.1) is 24.0 Å². The topological polar surface area (TPSA) is 30.9 Å². The Bertz CT molecular complexity index is 519. The molecular weight excluding hydrogens is 423 g/mol. The number of hydrogen-bond donors (Lipinski definition) is 1. The number of aliphatic imine (C=N–C) groups is 1. The maximum atomic E-state index is 6.04. The van der Waals surface area contributed by atoms with Gasteiger partial charge in [-0.3, -0.25) is 9.89 Å². The molecule has 1 aromatic rings. The lowest BCUT2D eigenvalue weighted by atomic mass is 10.2. The van der Waals surface area contributed by atoms with Crippen LogP contribution in [0, 0.1) is 0 Å². The fourth-order valence-corrected chi connectivity index (χ4v) is 2.81. The van der Waals surface area contributed by atoms with E-state index in [9.17, 15) is 0 Å². The molecule has 0 heterocycles.